The summed E-state index contributed by atoms with van der Waals surface area (Å²) in [5, 5.41) is 12.5. The van der Waals surface area contributed by atoms with Crippen LogP contribution in [0, 0.1) is 18.3 Å². The van der Waals surface area contributed by atoms with Gasteiger partial charge in [0.1, 0.15) is 21.7 Å². The molecule has 8 nitrogen and oxygen atoms in total. The minimum absolute atomic E-state index is 0.264. The second kappa shape index (κ2) is 8.00. The molecule has 0 aliphatic carbocycles. The van der Waals surface area contributed by atoms with Crippen LogP contribution in [0.3, 0.4) is 0 Å². The highest BCUT2D eigenvalue weighted by Gasteiger charge is 2.18. The first-order valence-electron chi connectivity index (χ1n) is 8.17. The Balaban J connectivity index is 1.85. The van der Waals surface area contributed by atoms with Crippen molar-refractivity contribution < 1.29 is 22.5 Å². The smallest absolute Gasteiger partial charge is 0.294 e. The summed E-state index contributed by atoms with van der Waals surface area (Å²) in [6.45, 7) is 1.70. The molecule has 0 aliphatic heterocycles. The van der Waals surface area contributed by atoms with Gasteiger partial charge in [-0.05, 0) is 49.4 Å². The van der Waals surface area contributed by atoms with Crippen LogP contribution in [0.4, 0.5) is 5.69 Å². The predicted octanol–water partition coefficient (Wildman–Crippen LogP) is 3.50. The molecule has 0 unspecified atom stereocenters. The number of aromatic nitrogens is 1. The summed E-state index contributed by atoms with van der Waals surface area (Å²) in [6, 6.07) is 12.3. The van der Waals surface area contributed by atoms with Crippen LogP contribution >= 0.6 is 11.3 Å². The lowest BCUT2D eigenvalue weighted by molar-refractivity contribution is 0.103. The first-order valence-corrected chi connectivity index (χ1v) is 10.4. The van der Waals surface area contributed by atoms with E-state index in [1.54, 1.807) is 25.1 Å². The van der Waals surface area contributed by atoms with Gasteiger partial charge in [0.15, 0.2) is 0 Å². The van der Waals surface area contributed by atoms with E-state index >= 15 is 0 Å². The number of thiazole rings is 1. The second-order valence-corrected chi connectivity index (χ2v) is 8.33. The highest BCUT2D eigenvalue weighted by molar-refractivity contribution is 7.85. The molecular formula is C19H15N3O5S2. The third-order valence-electron chi connectivity index (χ3n) is 3.98. The van der Waals surface area contributed by atoms with Crippen molar-refractivity contribution in [1.29, 1.82) is 5.26 Å². The molecule has 0 bridgehead atoms. The van der Waals surface area contributed by atoms with Crippen LogP contribution in [0.2, 0.25) is 0 Å². The maximum Gasteiger partial charge on any atom is 0.294 e. The van der Waals surface area contributed by atoms with Crippen LogP contribution in [0.1, 0.15) is 20.9 Å². The Labute approximate surface area is 171 Å². The topological polar surface area (TPSA) is 129 Å². The van der Waals surface area contributed by atoms with Crippen LogP contribution in [-0.2, 0) is 10.1 Å². The zero-order chi connectivity index (χ0) is 21.2. The van der Waals surface area contributed by atoms with E-state index in [1.807, 2.05) is 0 Å². The Hall–Kier alpha value is -3.26. The van der Waals surface area contributed by atoms with E-state index in [9.17, 15) is 18.5 Å². The summed E-state index contributed by atoms with van der Waals surface area (Å²) in [6.07, 6.45) is 0. The minimum atomic E-state index is -4.30. The number of nitrogens with one attached hydrogen (secondary N) is 1. The summed E-state index contributed by atoms with van der Waals surface area (Å²) in [4.78, 5) is 17.1. The lowest BCUT2D eigenvalue weighted by atomic mass is 10.1. The van der Waals surface area contributed by atoms with Gasteiger partial charge in [0.25, 0.3) is 16.0 Å². The van der Waals surface area contributed by atoms with Crippen molar-refractivity contribution >= 4 is 33.0 Å². The van der Waals surface area contributed by atoms with E-state index in [2.05, 4.69) is 16.4 Å². The van der Waals surface area contributed by atoms with Crippen molar-refractivity contribution in [3.8, 4) is 22.4 Å². The molecule has 2 aromatic carbocycles. The normalized spacial score (nSPS) is 11.0. The van der Waals surface area contributed by atoms with Gasteiger partial charge in [0.2, 0.25) is 0 Å². The quantitative estimate of drug-likeness (QED) is 0.594. The van der Waals surface area contributed by atoms with Gasteiger partial charge >= 0.3 is 0 Å². The molecule has 1 amide bonds. The SMILES string of the molecule is COc1ccc(-c2nc(C)c(C(=O)Nc3ccc(S(=O)(=O)O)cc3)s2)cc1C#N. The monoisotopic (exact) mass is 429 g/mol. The fourth-order valence-corrected chi connectivity index (χ4v) is 3.99. The van der Waals surface area contributed by atoms with E-state index in [0.29, 0.717) is 38.1 Å². The first-order chi connectivity index (χ1) is 13.7. The summed E-state index contributed by atoms with van der Waals surface area (Å²) < 4.78 is 36.3. The van der Waals surface area contributed by atoms with Crippen molar-refractivity contribution in [2.45, 2.75) is 11.8 Å². The van der Waals surface area contributed by atoms with Gasteiger partial charge in [-0.3, -0.25) is 9.35 Å². The van der Waals surface area contributed by atoms with Gasteiger partial charge in [0, 0.05) is 11.3 Å². The lowest BCUT2D eigenvalue weighted by Crippen LogP contribution is -2.11. The van der Waals surface area contributed by atoms with Crippen LogP contribution in [-0.4, -0.2) is 31.0 Å². The molecule has 1 heterocycles. The number of hydrogen-bond acceptors (Lipinski definition) is 7. The zero-order valence-corrected chi connectivity index (χ0v) is 17.0. The molecule has 2 N–H and O–H groups in total. The lowest BCUT2D eigenvalue weighted by Gasteiger charge is -2.05. The number of amides is 1. The molecule has 0 fully saturated rings. The van der Waals surface area contributed by atoms with E-state index < -0.39 is 16.0 Å². The van der Waals surface area contributed by atoms with Gasteiger partial charge in [-0.1, -0.05) is 0 Å². The zero-order valence-electron chi connectivity index (χ0n) is 15.3. The molecule has 1 aromatic heterocycles. The van der Waals surface area contributed by atoms with Gasteiger partial charge in [-0.15, -0.1) is 11.3 Å². The Morgan fingerprint density at radius 3 is 2.52 bits per heavy atom. The van der Waals surface area contributed by atoms with Crippen molar-refractivity contribution in [2.75, 3.05) is 12.4 Å². The maximum absolute atomic E-state index is 12.6. The van der Waals surface area contributed by atoms with E-state index in [0.717, 1.165) is 0 Å². The molecule has 29 heavy (non-hydrogen) atoms. The maximum atomic E-state index is 12.6. The third-order valence-corrected chi connectivity index (χ3v) is 6.05. The van der Waals surface area contributed by atoms with Gasteiger partial charge in [-0.2, -0.15) is 13.7 Å². The van der Waals surface area contributed by atoms with Gasteiger partial charge < -0.3 is 10.1 Å². The number of methoxy groups -OCH3 is 1. The Kier molecular flexibility index (Phi) is 5.65. The fourth-order valence-electron chi connectivity index (χ4n) is 2.56. The molecule has 0 saturated heterocycles. The molecule has 10 heteroatoms. The molecule has 0 aliphatic rings. The first kappa shape index (κ1) is 20.5. The fraction of sp³-hybridized carbons (Fsp3) is 0.105. The summed E-state index contributed by atoms with van der Waals surface area (Å²) in [5.74, 6) is 0.0516. The number of hydrogen-bond donors (Lipinski definition) is 2. The average Bonchev–Trinajstić information content (AvgIpc) is 3.09. The number of nitriles is 1. The number of carbonyl (C=O) groups excluding carboxylic acids is 1. The van der Waals surface area contributed by atoms with Crippen LogP contribution < -0.4 is 10.1 Å². The largest absolute Gasteiger partial charge is 0.495 e. The van der Waals surface area contributed by atoms with E-state index in [1.165, 1.54) is 42.7 Å². The summed E-state index contributed by atoms with van der Waals surface area (Å²) >= 11 is 1.17. The minimum Gasteiger partial charge on any atom is -0.495 e. The number of benzene rings is 2. The second-order valence-electron chi connectivity index (χ2n) is 5.91. The van der Waals surface area contributed by atoms with Crippen LogP contribution in [0.5, 0.6) is 5.75 Å². The van der Waals surface area contributed by atoms with Gasteiger partial charge in [-0.25, -0.2) is 4.98 Å². The predicted molar refractivity (Wildman–Crippen MR) is 108 cm³/mol. The Morgan fingerprint density at radius 2 is 1.93 bits per heavy atom. The molecule has 0 saturated carbocycles. The standard InChI is InChI=1S/C19H15N3O5S2/c1-11-17(18(23)22-14-4-6-15(7-5-14)29(24,25)26)28-19(21-11)12-3-8-16(27-2)13(9-12)10-20/h3-9H,1-2H3,(H,22,23)(H,24,25,26). The summed E-state index contributed by atoms with van der Waals surface area (Å²) in [5.41, 5.74) is 1.94. The van der Waals surface area contributed by atoms with Crippen molar-refractivity contribution in [3.63, 3.8) is 0 Å². The number of ether oxygens (including phenoxy) is 1. The average molecular weight is 429 g/mol. The number of nitrogens with zero attached hydrogens (tertiary/aromatic N) is 2. The molecular weight excluding hydrogens is 414 g/mol. The summed E-state index contributed by atoms with van der Waals surface area (Å²) in [7, 11) is -2.82. The van der Waals surface area contributed by atoms with Crippen LogP contribution in [0.15, 0.2) is 47.4 Å². The number of aryl methyl sites for hydroxylation is 1. The number of carbonyl (C=O) groups is 1. The Morgan fingerprint density at radius 1 is 1.24 bits per heavy atom. The molecule has 0 atom stereocenters. The highest BCUT2D eigenvalue weighted by Crippen LogP contribution is 2.31. The van der Waals surface area contributed by atoms with Crippen molar-refractivity contribution in [2.24, 2.45) is 0 Å². The Bertz CT molecular complexity index is 1230. The third kappa shape index (κ3) is 4.43. The van der Waals surface area contributed by atoms with E-state index in [4.69, 9.17) is 9.29 Å². The number of rotatable bonds is 5. The number of anilines is 1. The molecule has 0 spiro atoms. The molecule has 148 valence electrons. The van der Waals surface area contributed by atoms with E-state index in [-0.39, 0.29) is 4.90 Å². The molecule has 0 radical (unpaired) electrons. The van der Waals surface area contributed by atoms with Crippen LogP contribution in [0.25, 0.3) is 10.6 Å². The van der Waals surface area contributed by atoms with Gasteiger partial charge in [0.05, 0.1) is 23.3 Å². The van der Waals surface area contributed by atoms with Crippen molar-refractivity contribution in [1.82, 2.24) is 4.98 Å². The van der Waals surface area contributed by atoms with Crippen molar-refractivity contribution in [3.05, 3.63) is 58.6 Å². The molecule has 3 rings (SSSR count). The highest BCUT2D eigenvalue weighted by atomic mass is 32.2. The molecule has 3 aromatic rings.